The Balaban J connectivity index is 1.53. The molecule has 1 aliphatic rings. The number of nitrogens with two attached hydrogens (primary N) is 1. The molecule has 1 fully saturated rings. The Hall–Kier alpha value is -4.09. The third kappa shape index (κ3) is 10.7. The number of carbonyl (C=O) groups excluding carboxylic acids is 1. The van der Waals surface area contributed by atoms with Crippen molar-refractivity contribution in [1.29, 1.82) is 0 Å². The molecule has 4 unspecified atom stereocenters. The lowest BCUT2D eigenvalue weighted by atomic mass is 10.1. The summed E-state index contributed by atoms with van der Waals surface area (Å²) < 4.78 is 68.4. The van der Waals surface area contributed by atoms with Crippen molar-refractivity contribution < 1.29 is 46.7 Å². The first-order chi connectivity index (χ1) is 24.9. The standard InChI is InChI=1S/C34H39BrF2N5O9P/c1-2-41(19-7-6-17-35)52(47,49-22-30-32(44)34(36,37)33(51-30)40-31(38)16-18-39-23-43)48-21-24-10-15-28(42(45)46)29(20-24)50-27-13-11-26(12-14-27)25-8-4-3-5-9-25/h3-5,8-16,18,20,23,30,32-33,44H,2,6-7,17,19,21-22H2,1H3,(H2,38,40)(H,39,43)/b18-16-. The average molecular weight is 811 g/mol. The monoisotopic (exact) mass is 809 g/mol. The largest absolute Gasteiger partial charge is 0.450 e. The van der Waals surface area contributed by atoms with Gasteiger partial charge in [-0.2, -0.15) is 8.78 Å². The molecule has 3 aromatic carbocycles. The molecule has 280 valence electrons. The molecule has 4 N–H and O–H groups in total. The smallest absolute Gasteiger partial charge is 0.408 e. The molecular formula is C34H39BrF2N5O9P. The maximum absolute atomic E-state index is 14.9. The van der Waals surface area contributed by atoms with E-state index in [9.17, 15) is 33.4 Å². The van der Waals surface area contributed by atoms with Gasteiger partial charge in [0.1, 0.15) is 17.7 Å². The van der Waals surface area contributed by atoms with E-state index < -0.39 is 49.5 Å². The molecule has 52 heavy (non-hydrogen) atoms. The van der Waals surface area contributed by atoms with Gasteiger partial charge in [0.05, 0.1) is 18.1 Å². The van der Waals surface area contributed by atoms with Crippen molar-refractivity contribution in [2.75, 3.05) is 25.0 Å². The van der Waals surface area contributed by atoms with E-state index in [-0.39, 0.29) is 31.1 Å². The van der Waals surface area contributed by atoms with Gasteiger partial charge < -0.3 is 25.6 Å². The maximum atomic E-state index is 14.9. The number of aliphatic hydroxyl groups is 1. The fraction of sp³-hybridized carbons (Fsp3) is 0.353. The lowest BCUT2D eigenvalue weighted by molar-refractivity contribution is -0.385. The lowest BCUT2D eigenvalue weighted by Gasteiger charge is -2.30. The van der Waals surface area contributed by atoms with E-state index in [0.29, 0.717) is 29.5 Å². The molecule has 4 rings (SSSR count). The van der Waals surface area contributed by atoms with Gasteiger partial charge in [0, 0.05) is 30.7 Å². The van der Waals surface area contributed by atoms with Gasteiger partial charge in [-0.25, -0.2) is 14.2 Å². The minimum Gasteiger partial charge on any atom is -0.450 e. The molecule has 1 saturated heterocycles. The van der Waals surface area contributed by atoms with Gasteiger partial charge in [-0.05, 0) is 59.9 Å². The van der Waals surface area contributed by atoms with Gasteiger partial charge in [-0.1, -0.05) is 65.3 Å². The fourth-order valence-corrected chi connectivity index (χ4v) is 7.22. The molecular weight excluding hydrogens is 771 g/mol. The SMILES string of the molecule is CCN(CCCCBr)P(=O)(OCc1ccc([N+](=O)[O-])c(Oc2ccc(-c3ccccc3)cc2)c1)OCC1OC(/N=C(N)\C=C/NC=O)C(F)(F)C1O. The summed E-state index contributed by atoms with van der Waals surface area (Å²) in [4.78, 5) is 25.3. The van der Waals surface area contributed by atoms with Crippen molar-refractivity contribution in [3.8, 4) is 22.6 Å². The third-order valence-electron chi connectivity index (χ3n) is 7.78. The van der Waals surface area contributed by atoms with Crippen LogP contribution >= 0.6 is 23.7 Å². The van der Waals surface area contributed by atoms with E-state index in [0.717, 1.165) is 29.8 Å². The Labute approximate surface area is 307 Å². The minimum absolute atomic E-state index is 0.0913. The maximum Gasteiger partial charge on any atom is 0.408 e. The van der Waals surface area contributed by atoms with Crippen molar-refractivity contribution in [2.24, 2.45) is 10.7 Å². The number of aliphatic imine (C=N–C) groups is 1. The summed E-state index contributed by atoms with van der Waals surface area (Å²) in [5.41, 5.74) is 7.55. The van der Waals surface area contributed by atoms with Crippen LogP contribution in [0, 0.1) is 10.1 Å². The number of carbonyl (C=O) groups is 1. The van der Waals surface area contributed by atoms with Crippen LogP contribution in [-0.4, -0.2) is 76.3 Å². The summed E-state index contributed by atoms with van der Waals surface area (Å²) in [5.74, 6) is -4.07. The van der Waals surface area contributed by atoms with E-state index >= 15 is 0 Å². The first-order valence-electron chi connectivity index (χ1n) is 16.1. The van der Waals surface area contributed by atoms with Crippen LogP contribution in [0.25, 0.3) is 11.1 Å². The number of nitro groups is 1. The Morgan fingerprint density at radius 2 is 1.87 bits per heavy atom. The summed E-state index contributed by atoms with van der Waals surface area (Å²) in [6.07, 6.45) is -2.53. The second-order valence-electron chi connectivity index (χ2n) is 11.3. The summed E-state index contributed by atoms with van der Waals surface area (Å²) in [6.45, 7) is 1.00. The molecule has 4 atom stereocenters. The van der Waals surface area contributed by atoms with Crippen molar-refractivity contribution in [3.63, 3.8) is 0 Å². The molecule has 0 radical (unpaired) electrons. The number of benzene rings is 3. The number of nitro benzene ring substituents is 1. The highest BCUT2D eigenvalue weighted by Crippen LogP contribution is 2.54. The van der Waals surface area contributed by atoms with Crippen LogP contribution < -0.4 is 15.8 Å². The van der Waals surface area contributed by atoms with Crippen LogP contribution in [0.15, 0.2) is 90.1 Å². The number of amides is 1. The van der Waals surface area contributed by atoms with E-state index in [1.807, 2.05) is 42.5 Å². The van der Waals surface area contributed by atoms with Gasteiger partial charge in [0.2, 0.25) is 18.4 Å². The molecule has 0 saturated carbocycles. The molecule has 18 heteroatoms. The number of rotatable bonds is 20. The number of aliphatic hydroxyl groups excluding tert-OH is 1. The molecule has 1 amide bonds. The average Bonchev–Trinajstić information content (AvgIpc) is 3.35. The van der Waals surface area contributed by atoms with E-state index in [1.54, 1.807) is 19.1 Å². The summed E-state index contributed by atoms with van der Waals surface area (Å²) >= 11 is 3.36. The normalized spacial score (nSPS) is 19.8. The van der Waals surface area contributed by atoms with Crippen LogP contribution in [0.2, 0.25) is 0 Å². The number of halogens is 3. The molecule has 14 nitrogen and oxygen atoms in total. The Bertz CT molecular complexity index is 1750. The topological polar surface area (TPSA) is 188 Å². The predicted octanol–water partition coefficient (Wildman–Crippen LogP) is 6.53. The minimum atomic E-state index is -4.27. The summed E-state index contributed by atoms with van der Waals surface area (Å²) in [7, 11) is -4.27. The Morgan fingerprint density at radius 1 is 1.15 bits per heavy atom. The Morgan fingerprint density at radius 3 is 2.52 bits per heavy atom. The highest BCUT2D eigenvalue weighted by molar-refractivity contribution is 9.09. The van der Waals surface area contributed by atoms with E-state index in [4.69, 9.17) is 24.3 Å². The molecule has 1 heterocycles. The van der Waals surface area contributed by atoms with Crippen molar-refractivity contribution in [3.05, 3.63) is 101 Å². The molecule has 3 aromatic rings. The van der Waals surface area contributed by atoms with Gasteiger partial charge in [0.15, 0.2) is 6.10 Å². The summed E-state index contributed by atoms with van der Waals surface area (Å²) in [5, 5.41) is 25.1. The molecule has 0 aliphatic carbocycles. The van der Waals surface area contributed by atoms with Crippen LogP contribution in [0.3, 0.4) is 0 Å². The number of unbranched alkanes of at least 4 members (excludes halogenated alkanes) is 1. The van der Waals surface area contributed by atoms with Gasteiger partial charge in [-0.3, -0.25) is 24.0 Å². The number of alkyl halides is 3. The van der Waals surface area contributed by atoms with Crippen LogP contribution in [0.5, 0.6) is 11.5 Å². The molecule has 0 bridgehead atoms. The van der Waals surface area contributed by atoms with Crippen LogP contribution in [-0.2, 0) is 29.8 Å². The van der Waals surface area contributed by atoms with Crippen molar-refractivity contribution in [2.45, 2.75) is 50.7 Å². The van der Waals surface area contributed by atoms with Crippen molar-refractivity contribution in [1.82, 2.24) is 9.99 Å². The quantitative estimate of drug-likeness (QED) is 0.0165. The molecule has 0 spiro atoms. The molecule has 1 aliphatic heterocycles. The van der Waals surface area contributed by atoms with E-state index in [2.05, 4.69) is 26.2 Å². The third-order valence-corrected chi connectivity index (χ3v) is 10.4. The summed E-state index contributed by atoms with van der Waals surface area (Å²) in [6, 6.07) is 20.6. The van der Waals surface area contributed by atoms with Crippen LogP contribution in [0.4, 0.5) is 14.5 Å². The zero-order valence-corrected chi connectivity index (χ0v) is 30.5. The zero-order valence-electron chi connectivity index (χ0n) is 28.1. The van der Waals surface area contributed by atoms with Gasteiger partial charge in [-0.15, -0.1) is 0 Å². The van der Waals surface area contributed by atoms with Gasteiger partial charge >= 0.3 is 19.4 Å². The zero-order chi connectivity index (χ0) is 37.7. The number of nitrogens with zero attached hydrogens (tertiary/aromatic N) is 3. The highest BCUT2D eigenvalue weighted by Gasteiger charge is 2.59. The lowest BCUT2D eigenvalue weighted by Crippen LogP contribution is -2.41. The fourth-order valence-electron chi connectivity index (χ4n) is 5.04. The number of hydrogen-bond donors (Lipinski definition) is 3. The number of amidine groups is 1. The van der Waals surface area contributed by atoms with Crippen LogP contribution in [0.1, 0.15) is 25.3 Å². The van der Waals surface area contributed by atoms with Gasteiger partial charge in [0.25, 0.3) is 0 Å². The first kappa shape index (κ1) is 40.7. The van der Waals surface area contributed by atoms with E-state index in [1.165, 1.54) is 22.9 Å². The Kier molecular flexibility index (Phi) is 15.0. The molecule has 0 aromatic heterocycles. The predicted molar refractivity (Wildman–Crippen MR) is 193 cm³/mol. The van der Waals surface area contributed by atoms with Crippen molar-refractivity contribution >= 4 is 41.6 Å². The second-order valence-corrected chi connectivity index (χ2v) is 14.2. The number of hydrogen-bond acceptors (Lipinski definition) is 10. The first-order valence-corrected chi connectivity index (χ1v) is 18.8. The number of nitrogens with one attached hydrogen (secondary N) is 1. The highest BCUT2D eigenvalue weighted by atomic mass is 79.9. The second kappa shape index (κ2) is 19.1. The number of ether oxygens (including phenoxy) is 2.